The molecule has 2 aromatic carbocycles. The van der Waals surface area contributed by atoms with Crippen molar-refractivity contribution in [2.24, 2.45) is 0 Å². The molecule has 23 heavy (non-hydrogen) atoms. The van der Waals surface area contributed by atoms with Crippen LogP contribution in [0.4, 0.5) is 0 Å². The van der Waals surface area contributed by atoms with E-state index in [1.54, 1.807) is 0 Å². The number of para-hydroxylation sites is 1. The van der Waals surface area contributed by atoms with Crippen LogP contribution in [0.1, 0.15) is 11.1 Å². The second-order valence-electron chi connectivity index (χ2n) is 5.60. The van der Waals surface area contributed by atoms with Gasteiger partial charge in [-0.15, -0.1) is 12.4 Å². The Kier molecular flexibility index (Phi) is 7.40. The molecule has 1 fully saturated rings. The highest BCUT2D eigenvalue weighted by Gasteiger charge is 2.14. The maximum absolute atomic E-state index is 6.00. The highest BCUT2D eigenvalue weighted by Crippen LogP contribution is 2.20. The zero-order valence-corrected chi connectivity index (χ0v) is 14.1. The van der Waals surface area contributed by atoms with Crippen molar-refractivity contribution in [2.45, 2.75) is 18.9 Å². The minimum Gasteiger partial charge on any atom is -0.491 e. The van der Waals surface area contributed by atoms with Crippen molar-refractivity contribution in [3.8, 4) is 5.75 Å². The van der Waals surface area contributed by atoms with Gasteiger partial charge in [0.05, 0.1) is 6.61 Å². The van der Waals surface area contributed by atoms with Crippen LogP contribution < -0.4 is 10.1 Å². The Hall–Kier alpha value is -1.55. The monoisotopic (exact) mass is 333 g/mol. The summed E-state index contributed by atoms with van der Waals surface area (Å²) in [6.07, 6.45) is 2.17. The van der Waals surface area contributed by atoms with Crippen molar-refractivity contribution in [3.05, 3.63) is 65.7 Å². The summed E-state index contributed by atoms with van der Waals surface area (Å²) in [4.78, 5) is 0. The SMILES string of the molecule is Cl.c1ccc(CCc2ccccc2OC[C@@H]2CNCCO2)cc1. The van der Waals surface area contributed by atoms with Gasteiger partial charge < -0.3 is 14.8 Å². The normalized spacial score (nSPS) is 17.3. The van der Waals surface area contributed by atoms with Gasteiger partial charge in [-0.05, 0) is 30.0 Å². The van der Waals surface area contributed by atoms with Crippen molar-refractivity contribution >= 4 is 12.4 Å². The highest BCUT2D eigenvalue weighted by atomic mass is 35.5. The van der Waals surface area contributed by atoms with Crippen LogP contribution in [0, 0.1) is 0 Å². The van der Waals surface area contributed by atoms with Crippen LogP contribution in [-0.4, -0.2) is 32.4 Å². The van der Waals surface area contributed by atoms with E-state index in [-0.39, 0.29) is 18.5 Å². The van der Waals surface area contributed by atoms with E-state index >= 15 is 0 Å². The standard InChI is InChI=1S/C19H23NO2.ClH/c1-2-6-16(7-3-1)10-11-17-8-4-5-9-19(17)22-15-18-14-20-12-13-21-18;/h1-9,18,20H,10-15H2;1H/t18-;/m0./s1. The van der Waals surface area contributed by atoms with Crippen LogP contribution in [0.5, 0.6) is 5.75 Å². The van der Waals surface area contributed by atoms with Gasteiger partial charge in [0.2, 0.25) is 0 Å². The molecule has 4 heteroatoms. The number of ether oxygens (including phenoxy) is 2. The summed E-state index contributed by atoms with van der Waals surface area (Å²) in [6, 6.07) is 18.9. The third kappa shape index (κ3) is 5.54. The number of morpholine rings is 1. The molecule has 0 aromatic heterocycles. The Balaban J connectivity index is 0.00000192. The molecule has 1 heterocycles. The third-order valence-corrected chi connectivity index (χ3v) is 3.93. The molecule has 1 saturated heterocycles. The van der Waals surface area contributed by atoms with Gasteiger partial charge in [0, 0.05) is 13.1 Å². The van der Waals surface area contributed by atoms with Gasteiger partial charge in [0.15, 0.2) is 0 Å². The van der Waals surface area contributed by atoms with Gasteiger partial charge in [-0.2, -0.15) is 0 Å². The average Bonchev–Trinajstić information content (AvgIpc) is 2.61. The minimum atomic E-state index is 0. The number of rotatable bonds is 6. The molecular formula is C19H24ClNO2. The summed E-state index contributed by atoms with van der Waals surface area (Å²) >= 11 is 0. The second kappa shape index (κ2) is 9.56. The van der Waals surface area contributed by atoms with Crippen molar-refractivity contribution < 1.29 is 9.47 Å². The summed E-state index contributed by atoms with van der Waals surface area (Å²) in [6.45, 7) is 3.18. The first-order chi connectivity index (χ1) is 10.9. The largest absolute Gasteiger partial charge is 0.491 e. The van der Waals surface area contributed by atoms with Gasteiger partial charge >= 0.3 is 0 Å². The highest BCUT2D eigenvalue weighted by molar-refractivity contribution is 5.85. The van der Waals surface area contributed by atoms with E-state index in [1.807, 2.05) is 6.07 Å². The lowest BCUT2D eigenvalue weighted by molar-refractivity contribution is 0.0000137. The van der Waals surface area contributed by atoms with E-state index in [4.69, 9.17) is 9.47 Å². The maximum Gasteiger partial charge on any atom is 0.122 e. The average molecular weight is 334 g/mol. The van der Waals surface area contributed by atoms with Gasteiger partial charge in [-0.3, -0.25) is 0 Å². The maximum atomic E-state index is 6.00. The summed E-state index contributed by atoms with van der Waals surface area (Å²) in [5.41, 5.74) is 2.62. The smallest absolute Gasteiger partial charge is 0.122 e. The fraction of sp³-hybridized carbons (Fsp3) is 0.368. The van der Waals surface area contributed by atoms with Crippen molar-refractivity contribution in [2.75, 3.05) is 26.3 Å². The Morgan fingerprint density at radius 2 is 1.78 bits per heavy atom. The second-order valence-corrected chi connectivity index (χ2v) is 5.60. The number of aryl methyl sites for hydroxylation is 2. The molecule has 0 aliphatic carbocycles. The van der Waals surface area contributed by atoms with Crippen LogP contribution in [0.15, 0.2) is 54.6 Å². The Bertz CT molecular complexity index is 571. The predicted molar refractivity (Wildman–Crippen MR) is 95.6 cm³/mol. The molecule has 3 rings (SSSR count). The van der Waals surface area contributed by atoms with E-state index in [0.717, 1.165) is 38.3 Å². The first-order valence-electron chi connectivity index (χ1n) is 7.99. The number of hydrogen-bond acceptors (Lipinski definition) is 3. The molecule has 0 spiro atoms. The molecule has 0 bridgehead atoms. The van der Waals surface area contributed by atoms with Crippen LogP contribution in [0.3, 0.4) is 0 Å². The van der Waals surface area contributed by atoms with Gasteiger partial charge in [-0.1, -0.05) is 48.5 Å². The van der Waals surface area contributed by atoms with Gasteiger partial charge in [-0.25, -0.2) is 0 Å². The minimum absolute atomic E-state index is 0. The molecular weight excluding hydrogens is 310 g/mol. The van der Waals surface area contributed by atoms with Crippen LogP contribution in [0.25, 0.3) is 0 Å². The fourth-order valence-corrected chi connectivity index (χ4v) is 2.68. The summed E-state index contributed by atoms with van der Waals surface area (Å²) in [5, 5.41) is 3.33. The number of halogens is 1. The van der Waals surface area contributed by atoms with E-state index in [2.05, 4.69) is 53.8 Å². The van der Waals surface area contributed by atoms with Crippen LogP contribution >= 0.6 is 12.4 Å². The first-order valence-corrected chi connectivity index (χ1v) is 7.99. The number of hydrogen-bond donors (Lipinski definition) is 1. The molecule has 3 nitrogen and oxygen atoms in total. The Labute approximate surface area is 144 Å². The van der Waals surface area contributed by atoms with Crippen LogP contribution in [0.2, 0.25) is 0 Å². The lowest BCUT2D eigenvalue weighted by Gasteiger charge is -2.24. The molecule has 0 amide bonds. The molecule has 124 valence electrons. The predicted octanol–water partition coefficient (Wildman–Crippen LogP) is 3.26. The molecule has 2 aromatic rings. The topological polar surface area (TPSA) is 30.5 Å². The van der Waals surface area contributed by atoms with E-state index in [0.29, 0.717) is 6.61 Å². The van der Waals surface area contributed by atoms with E-state index in [1.165, 1.54) is 11.1 Å². The zero-order chi connectivity index (χ0) is 15.0. The lowest BCUT2D eigenvalue weighted by atomic mass is 10.0. The quantitative estimate of drug-likeness (QED) is 0.880. The van der Waals surface area contributed by atoms with Crippen molar-refractivity contribution in [3.63, 3.8) is 0 Å². The molecule has 0 saturated carbocycles. The summed E-state index contributed by atoms with van der Waals surface area (Å²) in [5.74, 6) is 0.979. The first kappa shape index (κ1) is 17.8. The van der Waals surface area contributed by atoms with Crippen molar-refractivity contribution in [1.82, 2.24) is 5.32 Å². The molecule has 1 N–H and O–H groups in total. The molecule has 0 unspecified atom stereocenters. The summed E-state index contributed by atoms with van der Waals surface area (Å²) < 4.78 is 11.7. The van der Waals surface area contributed by atoms with Crippen molar-refractivity contribution in [1.29, 1.82) is 0 Å². The number of benzene rings is 2. The third-order valence-electron chi connectivity index (χ3n) is 3.93. The Morgan fingerprint density at radius 1 is 1.00 bits per heavy atom. The van der Waals surface area contributed by atoms with E-state index in [9.17, 15) is 0 Å². The summed E-state index contributed by atoms with van der Waals surface area (Å²) in [7, 11) is 0. The lowest BCUT2D eigenvalue weighted by Crippen LogP contribution is -2.41. The molecule has 0 radical (unpaired) electrons. The fourth-order valence-electron chi connectivity index (χ4n) is 2.68. The van der Waals surface area contributed by atoms with E-state index < -0.39 is 0 Å². The molecule has 1 aliphatic rings. The van der Waals surface area contributed by atoms with Gasteiger partial charge in [0.1, 0.15) is 18.5 Å². The van der Waals surface area contributed by atoms with Gasteiger partial charge in [0.25, 0.3) is 0 Å². The zero-order valence-electron chi connectivity index (χ0n) is 13.2. The van der Waals surface area contributed by atoms with Crippen LogP contribution in [-0.2, 0) is 17.6 Å². The molecule has 1 aliphatic heterocycles. The molecule has 1 atom stereocenters. The Morgan fingerprint density at radius 3 is 2.57 bits per heavy atom. The number of nitrogens with one attached hydrogen (secondary N) is 1.